The smallest absolute Gasteiger partial charge is 0.193 e. The molecular weight excluding hydrogens is 238 g/mol. The Bertz CT molecular complexity index is 599. The van der Waals surface area contributed by atoms with Crippen LogP contribution in [0.1, 0.15) is 22.6 Å². The zero-order chi connectivity index (χ0) is 13.8. The molecule has 0 aliphatic carbocycles. The van der Waals surface area contributed by atoms with Crippen molar-refractivity contribution in [3.8, 4) is 0 Å². The number of nitrogens with two attached hydrogens (primary N) is 1. The molecule has 0 saturated heterocycles. The van der Waals surface area contributed by atoms with Crippen LogP contribution in [0.2, 0.25) is 0 Å². The van der Waals surface area contributed by atoms with Crippen LogP contribution in [0, 0.1) is 20.8 Å². The van der Waals surface area contributed by atoms with Crippen LogP contribution in [0.5, 0.6) is 0 Å². The third-order valence-corrected chi connectivity index (χ3v) is 2.85. The van der Waals surface area contributed by atoms with Gasteiger partial charge in [-0.25, -0.2) is 4.99 Å². The Kier molecular flexibility index (Phi) is 3.90. The van der Waals surface area contributed by atoms with Crippen molar-refractivity contribution in [2.24, 2.45) is 10.7 Å². The van der Waals surface area contributed by atoms with E-state index in [1.807, 2.05) is 51.1 Å². The highest BCUT2D eigenvalue weighted by atomic mass is 16.3. The molecular formula is C15H19N3O. The van der Waals surface area contributed by atoms with Crippen molar-refractivity contribution in [2.75, 3.05) is 5.32 Å². The number of aliphatic imine (C=N–C) groups is 1. The van der Waals surface area contributed by atoms with Gasteiger partial charge < -0.3 is 15.5 Å². The highest BCUT2D eigenvalue weighted by Gasteiger charge is 2.03. The lowest BCUT2D eigenvalue weighted by Crippen LogP contribution is -2.22. The second-order valence-corrected chi connectivity index (χ2v) is 4.63. The Morgan fingerprint density at radius 3 is 2.68 bits per heavy atom. The molecule has 0 atom stereocenters. The topological polar surface area (TPSA) is 63.5 Å². The van der Waals surface area contributed by atoms with E-state index in [2.05, 4.69) is 10.3 Å². The van der Waals surface area contributed by atoms with Gasteiger partial charge in [0, 0.05) is 11.3 Å². The van der Waals surface area contributed by atoms with E-state index in [4.69, 9.17) is 10.2 Å². The van der Waals surface area contributed by atoms with Crippen molar-refractivity contribution in [3.05, 3.63) is 53.0 Å². The highest BCUT2D eigenvalue weighted by molar-refractivity contribution is 5.92. The molecule has 3 N–H and O–H groups in total. The van der Waals surface area contributed by atoms with Gasteiger partial charge in [0.2, 0.25) is 0 Å². The minimum absolute atomic E-state index is 0.406. The molecule has 0 spiro atoms. The molecule has 1 aromatic heterocycles. The Labute approximate surface area is 113 Å². The van der Waals surface area contributed by atoms with Gasteiger partial charge in [0.15, 0.2) is 5.96 Å². The largest absolute Gasteiger partial charge is 0.466 e. The van der Waals surface area contributed by atoms with Crippen LogP contribution in [0.3, 0.4) is 0 Å². The van der Waals surface area contributed by atoms with Crippen molar-refractivity contribution in [3.63, 3.8) is 0 Å². The number of nitrogens with zero attached hydrogens (tertiary/aromatic N) is 1. The molecule has 0 saturated carbocycles. The third kappa shape index (κ3) is 3.61. The number of anilines is 1. The molecule has 0 unspecified atom stereocenters. The normalized spacial score (nSPS) is 11.6. The van der Waals surface area contributed by atoms with E-state index >= 15 is 0 Å². The Balaban J connectivity index is 2.02. The average molecular weight is 257 g/mol. The van der Waals surface area contributed by atoms with E-state index in [0.717, 1.165) is 22.8 Å². The summed E-state index contributed by atoms with van der Waals surface area (Å²) in [6.45, 7) is 6.42. The first kappa shape index (κ1) is 13.2. The molecule has 0 radical (unpaired) electrons. The summed E-state index contributed by atoms with van der Waals surface area (Å²) in [7, 11) is 0. The minimum Gasteiger partial charge on any atom is -0.466 e. The fourth-order valence-electron chi connectivity index (χ4n) is 1.92. The first-order valence-corrected chi connectivity index (χ1v) is 6.24. The minimum atomic E-state index is 0.406. The predicted octanol–water partition coefficient (Wildman–Crippen LogP) is 3.13. The molecule has 1 heterocycles. The van der Waals surface area contributed by atoms with Crippen LogP contribution in [-0.4, -0.2) is 5.96 Å². The maximum Gasteiger partial charge on any atom is 0.193 e. The summed E-state index contributed by atoms with van der Waals surface area (Å²) in [5.74, 6) is 2.20. The van der Waals surface area contributed by atoms with Gasteiger partial charge in [0.1, 0.15) is 11.5 Å². The molecule has 0 aliphatic heterocycles. The second-order valence-electron chi connectivity index (χ2n) is 4.63. The molecule has 4 heteroatoms. The van der Waals surface area contributed by atoms with Crippen molar-refractivity contribution < 1.29 is 4.42 Å². The van der Waals surface area contributed by atoms with Gasteiger partial charge in [-0.2, -0.15) is 0 Å². The first-order valence-electron chi connectivity index (χ1n) is 6.24. The van der Waals surface area contributed by atoms with Crippen molar-refractivity contribution >= 4 is 11.6 Å². The Morgan fingerprint density at radius 2 is 2.05 bits per heavy atom. The summed E-state index contributed by atoms with van der Waals surface area (Å²) in [6, 6.07) is 9.99. The van der Waals surface area contributed by atoms with Crippen LogP contribution in [0.25, 0.3) is 0 Å². The van der Waals surface area contributed by atoms with Crippen LogP contribution < -0.4 is 11.1 Å². The lowest BCUT2D eigenvalue weighted by Gasteiger charge is -2.06. The van der Waals surface area contributed by atoms with Gasteiger partial charge in [-0.3, -0.25) is 0 Å². The van der Waals surface area contributed by atoms with E-state index < -0.39 is 0 Å². The molecule has 4 nitrogen and oxygen atoms in total. The van der Waals surface area contributed by atoms with Gasteiger partial charge in [0.25, 0.3) is 0 Å². The number of guanidine groups is 1. The molecule has 100 valence electrons. The fourth-order valence-corrected chi connectivity index (χ4v) is 1.92. The third-order valence-electron chi connectivity index (χ3n) is 2.85. The second kappa shape index (κ2) is 5.61. The first-order chi connectivity index (χ1) is 9.04. The number of furan rings is 1. The van der Waals surface area contributed by atoms with Gasteiger partial charge in [0.05, 0.1) is 6.54 Å². The maximum atomic E-state index is 5.87. The molecule has 0 fully saturated rings. The summed E-state index contributed by atoms with van der Waals surface area (Å²) in [6.07, 6.45) is 0. The van der Waals surface area contributed by atoms with Crippen molar-refractivity contribution in [1.82, 2.24) is 0 Å². The van der Waals surface area contributed by atoms with Crippen molar-refractivity contribution in [2.45, 2.75) is 27.3 Å². The summed E-state index contributed by atoms with van der Waals surface area (Å²) in [5, 5.41) is 3.08. The monoisotopic (exact) mass is 257 g/mol. The number of nitrogens with one attached hydrogen (secondary N) is 1. The van der Waals surface area contributed by atoms with Crippen LogP contribution in [0.15, 0.2) is 39.7 Å². The van der Waals surface area contributed by atoms with E-state index in [0.29, 0.717) is 12.5 Å². The van der Waals surface area contributed by atoms with Gasteiger partial charge in [-0.15, -0.1) is 0 Å². The van der Waals surface area contributed by atoms with Gasteiger partial charge >= 0.3 is 0 Å². The predicted molar refractivity (Wildman–Crippen MR) is 78.3 cm³/mol. The van der Waals surface area contributed by atoms with E-state index in [1.165, 1.54) is 5.56 Å². The van der Waals surface area contributed by atoms with Gasteiger partial charge in [-0.1, -0.05) is 12.1 Å². The molecule has 0 amide bonds. The van der Waals surface area contributed by atoms with Crippen molar-refractivity contribution in [1.29, 1.82) is 0 Å². The molecule has 19 heavy (non-hydrogen) atoms. The standard InChI is InChI=1S/C15H19N3O/c1-10-5-4-6-14(7-10)18-15(16)17-9-13-8-11(2)19-12(13)3/h4-8H,9H2,1-3H3,(H3,16,17,18). The molecule has 0 aliphatic rings. The molecule has 1 aromatic carbocycles. The Morgan fingerprint density at radius 1 is 1.26 bits per heavy atom. The summed E-state index contributed by atoms with van der Waals surface area (Å²) in [5.41, 5.74) is 9.06. The van der Waals surface area contributed by atoms with Gasteiger partial charge in [-0.05, 0) is 44.5 Å². The number of hydrogen-bond donors (Lipinski definition) is 2. The maximum absolute atomic E-state index is 5.87. The fraction of sp³-hybridized carbons (Fsp3) is 0.267. The molecule has 0 bridgehead atoms. The Hall–Kier alpha value is -2.23. The lowest BCUT2D eigenvalue weighted by atomic mass is 10.2. The van der Waals surface area contributed by atoms with Crippen LogP contribution in [0.4, 0.5) is 5.69 Å². The number of rotatable bonds is 3. The zero-order valence-corrected chi connectivity index (χ0v) is 11.5. The van der Waals surface area contributed by atoms with Crippen LogP contribution in [-0.2, 0) is 6.54 Å². The SMILES string of the molecule is Cc1cccc(NC(N)=NCc2cc(C)oc2C)c1. The summed E-state index contributed by atoms with van der Waals surface area (Å²) < 4.78 is 5.45. The highest BCUT2D eigenvalue weighted by Crippen LogP contribution is 2.14. The summed E-state index contributed by atoms with van der Waals surface area (Å²) >= 11 is 0. The average Bonchev–Trinajstić information content (AvgIpc) is 2.65. The number of hydrogen-bond acceptors (Lipinski definition) is 2. The quantitative estimate of drug-likeness (QED) is 0.656. The van der Waals surface area contributed by atoms with E-state index in [1.54, 1.807) is 0 Å². The van der Waals surface area contributed by atoms with E-state index in [9.17, 15) is 0 Å². The van der Waals surface area contributed by atoms with Crippen LogP contribution >= 0.6 is 0 Å². The summed E-state index contributed by atoms with van der Waals surface area (Å²) in [4.78, 5) is 4.32. The molecule has 2 rings (SSSR count). The number of benzene rings is 1. The molecule has 2 aromatic rings. The van der Waals surface area contributed by atoms with E-state index in [-0.39, 0.29) is 0 Å². The lowest BCUT2D eigenvalue weighted by molar-refractivity contribution is 0.501. The zero-order valence-electron chi connectivity index (χ0n) is 11.5. The number of aryl methyl sites for hydroxylation is 3.